The van der Waals surface area contributed by atoms with E-state index in [1.54, 1.807) is 0 Å². The maximum absolute atomic E-state index is 3.70. The summed E-state index contributed by atoms with van der Waals surface area (Å²) in [6, 6.07) is 10.9. The summed E-state index contributed by atoms with van der Waals surface area (Å²) in [5.74, 6) is 0. The molecule has 0 spiro atoms. The van der Waals surface area contributed by atoms with Crippen molar-refractivity contribution >= 4 is 0 Å². The van der Waals surface area contributed by atoms with Gasteiger partial charge in [0.2, 0.25) is 0 Å². The molecule has 0 amide bonds. The van der Waals surface area contributed by atoms with Crippen LogP contribution in [0.3, 0.4) is 0 Å². The van der Waals surface area contributed by atoms with Gasteiger partial charge in [-0.25, -0.2) is 0 Å². The van der Waals surface area contributed by atoms with Crippen LogP contribution in [0.2, 0.25) is 0 Å². The highest BCUT2D eigenvalue weighted by atomic mass is 15.3. The van der Waals surface area contributed by atoms with Gasteiger partial charge in [0.05, 0.1) is 0 Å². The van der Waals surface area contributed by atoms with Gasteiger partial charge in [0.1, 0.15) is 0 Å². The number of hydrogen-bond acceptors (Lipinski definition) is 2. The molecule has 0 saturated carbocycles. The van der Waals surface area contributed by atoms with E-state index in [2.05, 4.69) is 68.2 Å². The van der Waals surface area contributed by atoms with Crippen LogP contribution in [0, 0.1) is 0 Å². The molecule has 1 unspecified atom stereocenters. The summed E-state index contributed by atoms with van der Waals surface area (Å²) in [7, 11) is 0. The molecule has 2 heteroatoms. The van der Waals surface area contributed by atoms with Crippen LogP contribution in [0.4, 0.5) is 0 Å². The fraction of sp³-hybridized carbons (Fsp3) is 0.684. The first-order chi connectivity index (χ1) is 9.95. The second-order valence-electron chi connectivity index (χ2n) is 7.45. The molecule has 0 aliphatic carbocycles. The lowest BCUT2D eigenvalue weighted by molar-refractivity contribution is 0.0231. The SMILES string of the molecule is CCC1(C)CNC(C)(C)CN1CCCCc1ccccc1. The van der Waals surface area contributed by atoms with Gasteiger partial charge in [-0.05, 0) is 58.6 Å². The average molecular weight is 288 g/mol. The van der Waals surface area contributed by atoms with E-state index >= 15 is 0 Å². The number of benzene rings is 1. The smallest absolute Gasteiger partial charge is 0.0304 e. The molecule has 1 fully saturated rings. The minimum Gasteiger partial charge on any atom is -0.309 e. The standard InChI is InChI=1S/C19H32N2/c1-5-19(4)15-20-18(2,3)16-21(19)14-10-9-13-17-11-7-6-8-12-17/h6-8,11-12,20H,5,9-10,13-16H2,1-4H3. The molecule has 0 radical (unpaired) electrons. The topological polar surface area (TPSA) is 15.3 Å². The Bertz CT molecular complexity index is 426. The Morgan fingerprint density at radius 2 is 1.81 bits per heavy atom. The van der Waals surface area contributed by atoms with Gasteiger partial charge >= 0.3 is 0 Å². The predicted molar refractivity (Wildman–Crippen MR) is 91.7 cm³/mol. The van der Waals surface area contributed by atoms with Crippen LogP contribution in [-0.2, 0) is 6.42 Å². The normalized spacial score (nSPS) is 25.9. The number of aryl methyl sites for hydroxylation is 1. The minimum atomic E-state index is 0.244. The maximum atomic E-state index is 3.70. The van der Waals surface area contributed by atoms with E-state index in [0.717, 1.165) is 13.1 Å². The van der Waals surface area contributed by atoms with E-state index in [0.29, 0.717) is 5.54 Å². The summed E-state index contributed by atoms with van der Waals surface area (Å²) in [6.45, 7) is 12.8. The monoisotopic (exact) mass is 288 g/mol. The molecule has 118 valence electrons. The van der Waals surface area contributed by atoms with Crippen molar-refractivity contribution in [3.05, 3.63) is 35.9 Å². The Labute approximate surface area is 130 Å². The van der Waals surface area contributed by atoms with E-state index in [-0.39, 0.29) is 5.54 Å². The van der Waals surface area contributed by atoms with Gasteiger partial charge in [-0.3, -0.25) is 4.90 Å². The Hall–Kier alpha value is -0.860. The molecule has 1 N–H and O–H groups in total. The molecule has 1 saturated heterocycles. The van der Waals surface area contributed by atoms with Crippen LogP contribution in [0.5, 0.6) is 0 Å². The molecule has 1 aliphatic heterocycles. The molecule has 21 heavy (non-hydrogen) atoms. The second-order valence-corrected chi connectivity index (χ2v) is 7.45. The van der Waals surface area contributed by atoms with Gasteiger partial charge in [-0.1, -0.05) is 37.3 Å². The van der Waals surface area contributed by atoms with Crippen molar-refractivity contribution in [3.63, 3.8) is 0 Å². The van der Waals surface area contributed by atoms with Crippen molar-refractivity contribution in [2.24, 2.45) is 0 Å². The lowest BCUT2D eigenvalue weighted by Gasteiger charge is -2.51. The van der Waals surface area contributed by atoms with E-state index in [1.165, 1.54) is 37.8 Å². The van der Waals surface area contributed by atoms with E-state index in [4.69, 9.17) is 0 Å². The Kier molecular flexibility index (Phi) is 5.45. The summed E-state index contributed by atoms with van der Waals surface area (Å²) >= 11 is 0. The summed E-state index contributed by atoms with van der Waals surface area (Å²) in [5, 5.41) is 3.70. The first-order valence-corrected chi connectivity index (χ1v) is 8.49. The van der Waals surface area contributed by atoms with Crippen LogP contribution in [0.1, 0.15) is 52.5 Å². The number of nitrogens with one attached hydrogen (secondary N) is 1. The Morgan fingerprint density at radius 3 is 2.48 bits per heavy atom. The lowest BCUT2D eigenvalue weighted by atomic mass is 9.87. The number of hydrogen-bond donors (Lipinski definition) is 1. The van der Waals surface area contributed by atoms with Crippen molar-refractivity contribution < 1.29 is 0 Å². The molecular weight excluding hydrogens is 256 g/mol. The summed E-state index contributed by atoms with van der Waals surface area (Å²) < 4.78 is 0. The van der Waals surface area contributed by atoms with Crippen LogP contribution in [0.25, 0.3) is 0 Å². The fourth-order valence-corrected chi connectivity index (χ4v) is 3.24. The first-order valence-electron chi connectivity index (χ1n) is 8.49. The van der Waals surface area contributed by atoms with Crippen molar-refractivity contribution in [1.82, 2.24) is 10.2 Å². The highest BCUT2D eigenvalue weighted by Crippen LogP contribution is 2.27. The number of rotatable bonds is 6. The van der Waals surface area contributed by atoms with Crippen LogP contribution in [-0.4, -0.2) is 35.6 Å². The fourth-order valence-electron chi connectivity index (χ4n) is 3.24. The minimum absolute atomic E-state index is 0.244. The van der Waals surface area contributed by atoms with Crippen LogP contribution in [0.15, 0.2) is 30.3 Å². The quantitative estimate of drug-likeness (QED) is 0.800. The van der Waals surface area contributed by atoms with Gasteiger partial charge < -0.3 is 5.32 Å². The molecule has 1 aromatic carbocycles. The molecule has 1 aromatic rings. The largest absolute Gasteiger partial charge is 0.309 e. The van der Waals surface area contributed by atoms with E-state index in [9.17, 15) is 0 Å². The zero-order valence-corrected chi connectivity index (χ0v) is 14.3. The third-order valence-electron chi connectivity index (χ3n) is 5.05. The summed E-state index contributed by atoms with van der Waals surface area (Å²) in [4.78, 5) is 2.72. The highest BCUT2D eigenvalue weighted by Gasteiger charge is 2.38. The van der Waals surface area contributed by atoms with Crippen molar-refractivity contribution in [1.29, 1.82) is 0 Å². The molecule has 0 aromatic heterocycles. The van der Waals surface area contributed by atoms with Gasteiger partial charge in [-0.15, -0.1) is 0 Å². The lowest BCUT2D eigenvalue weighted by Crippen LogP contribution is -2.67. The molecule has 1 aliphatic rings. The second kappa shape index (κ2) is 6.93. The van der Waals surface area contributed by atoms with Crippen LogP contribution < -0.4 is 5.32 Å². The van der Waals surface area contributed by atoms with E-state index in [1.807, 2.05) is 0 Å². The van der Waals surface area contributed by atoms with E-state index < -0.39 is 0 Å². The van der Waals surface area contributed by atoms with Crippen LogP contribution >= 0.6 is 0 Å². The molecule has 1 atom stereocenters. The highest BCUT2D eigenvalue weighted by molar-refractivity contribution is 5.14. The maximum Gasteiger partial charge on any atom is 0.0304 e. The molecule has 0 bridgehead atoms. The van der Waals surface area contributed by atoms with Crippen molar-refractivity contribution in [3.8, 4) is 0 Å². The third kappa shape index (κ3) is 4.55. The summed E-state index contributed by atoms with van der Waals surface area (Å²) in [5.41, 5.74) is 2.03. The third-order valence-corrected chi connectivity index (χ3v) is 5.05. The number of unbranched alkanes of at least 4 members (excludes halogenated alkanes) is 1. The van der Waals surface area contributed by atoms with Gasteiger partial charge in [-0.2, -0.15) is 0 Å². The molecular formula is C19H32N2. The molecule has 1 heterocycles. The number of nitrogens with zero attached hydrogens (tertiary/aromatic N) is 1. The Balaban J connectivity index is 1.82. The summed E-state index contributed by atoms with van der Waals surface area (Å²) in [6.07, 6.45) is 5.00. The first kappa shape index (κ1) is 16.5. The van der Waals surface area contributed by atoms with Crippen molar-refractivity contribution in [2.45, 2.75) is 64.5 Å². The predicted octanol–water partition coefficient (Wildman–Crippen LogP) is 3.86. The average Bonchev–Trinajstić information content (AvgIpc) is 2.48. The molecule has 2 rings (SSSR count). The van der Waals surface area contributed by atoms with Crippen molar-refractivity contribution in [2.75, 3.05) is 19.6 Å². The zero-order chi connectivity index (χ0) is 15.3. The number of piperazine rings is 1. The van der Waals surface area contributed by atoms with Gasteiger partial charge in [0.25, 0.3) is 0 Å². The van der Waals surface area contributed by atoms with Gasteiger partial charge in [0.15, 0.2) is 0 Å². The zero-order valence-electron chi connectivity index (χ0n) is 14.3. The van der Waals surface area contributed by atoms with Gasteiger partial charge in [0, 0.05) is 24.2 Å². The molecule has 2 nitrogen and oxygen atoms in total. The Morgan fingerprint density at radius 1 is 1.10 bits per heavy atom.